The quantitative estimate of drug-likeness (QED) is 0.774. The summed E-state index contributed by atoms with van der Waals surface area (Å²) in [7, 11) is 1.62. The predicted octanol–water partition coefficient (Wildman–Crippen LogP) is 3.21. The van der Waals surface area contributed by atoms with Crippen LogP contribution in [0.3, 0.4) is 0 Å². The number of para-hydroxylation sites is 2. The zero-order chi connectivity index (χ0) is 18.8. The average molecular weight is 362 g/mol. The van der Waals surface area contributed by atoms with Crippen LogP contribution in [0, 0.1) is 0 Å². The number of fused-ring (bicyclic) bond motifs is 2. The zero-order valence-electron chi connectivity index (χ0n) is 14.8. The number of anilines is 2. The van der Waals surface area contributed by atoms with Crippen LogP contribution < -0.4 is 19.7 Å². The van der Waals surface area contributed by atoms with E-state index in [9.17, 15) is 9.59 Å². The number of nitrogens with zero attached hydrogens (tertiary/aromatic N) is 1. The molecule has 3 aromatic carbocycles. The Kier molecular flexibility index (Phi) is 4.38. The monoisotopic (exact) mass is 362 g/mol. The van der Waals surface area contributed by atoms with E-state index in [1.54, 1.807) is 19.2 Å². The number of carbonyl (C=O) groups is 2. The van der Waals surface area contributed by atoms with Gasteiger partial charge >= 0.3 is 0 Å². The van der Waals surface area contributed by atoms with Crippen molar-refractivity contribution in [2.24, 2.45) is 0 Å². The van der Waals surface area contributed by atoms with Gasteiger partial charge in [-0.1, -0.05) is 24.3 Å². The minimum absolute atomic E-state index is 0.0197. The molecule has 2 amide bonds. The van der Waals surface area contributed by atoms with Crippen molar-refractivity contribution in [3.05, 3.63) is 60.7 Å². The van der Waals surface area contributed by atoms with E-state index in [4.69, 9.17) is 9.47 Å². The van der Waals surface area contributed by atoms with Crippen LogP contribution in [0.2, 0.25) is 0 Å². The van der Waals surface area contributed by atoms with Gasteiger partial charge in [-0.05, 0) is 47.2 Å². The van der Waals surface area contributed by atoms with Gasteiger partial charge < -0.3 is 14.8 Å². The molecule has 0 atom stereocenters. The summed E-state index contributed by atoms with van der Waals surface area (Å²) >= 11 is 0. The maximum absolute atomic E-state index is 12.6. The van der Waals surface area contributed by atoms with Crippen molar-refractivity contribution >= 4 is 34.0 Å². The molecule has 6 heteroatoms. The summed E-state index contributed by atoms with van der Waals surface area (Å²) in [6.07, 6.45) is 0. The number of carbonyl (C=O) groups excluding carboxylic acids is 2. The van der Waals surface area contributed by atoms with Gasteiger partial charge in [0.1, 0.15) is 18.0 Å². The van der Waals surface area contributed by atoms with Crippen LogP contribution in [0.5, 0.6) is 11.5 Å². The highest BCUT2D eigenvalue weighted by molar-refractivity contribution is 6.10. The second-order valence-corrected chi connectivity index (χ2v) is 6.21. The molecule has 1 heterocycles. The van der Waals surface area contributed by atoms with E-state index in [0.29, 0.717) is 17.1 Å². The molecular weight excluding hydrogens is 344 g/mol. The minimum atomic E-state index is -0.275. The smallest absolute Gasteiger partial charge is 0.265 e. The van der Waals surface area contributed by atoms with Gasteiger partial charge in [0, 0.05) is 0 Å². The molecule has 136 valence electrons. The summed E-state index contributed by atoms with van der Waals surface area (Å²) in [4.78, 5) is 26.0. The Hall–Kier alpha value is -3.54. The third-order valence-electron chi connectivity index (χ3n) is 4.45. The lowest BCUT2D eigenvalue weighted by atomic mass is 10.1. The van der Waals surface area contributed by atoms with Crippen LogP contribution in [0.1, 0.15) is 0 Å². The summed E-state index contributed by atoms with van der Waals surface area (Å²) in [6.45, 7) is -0.175. The molecule has 0 unspecified atom stereocenters. The number of hydrogen-bond donors (Lipinski definition) is 1. The summed E-state index contributed by atoms with van der Waals surface area (Å²) in [5.41, 5.74) is 1.30. The fourth-order valence-electron chi connectivity index (χ4n) is 3.10. The molecule has 3 aromatic rings. The summed E-state index contributed by atoms with van der Waals surface area (Å²) < 4.78 is 10.9. The minimum Gasteiger partial charge on any atom is -0.497 e. The van der Waals surface area contributed by atoms with Gasteiger partial charge in [-0.2, -0.15) is 0 Å². The van der Waals surface area contributed by atoms with Gasteiger partial charge in [0.25, 0.3) is 5.91 Å². The van der Waals surface area contributed by atoms with Gasteiger partial charge in [-0.25, -0.2) is 0 Å². The lowest BCUT2D eigenvalue weighted by molar-refractivity contribution is -0.123. The Labute approximate surface area is 156 Å². The molecule has 0 aromatic heterocycles. The number of ether oxygens (including phenoxy) is 2. The molecule has 0 radical (unpaired) electrons. The first kappa shape index (κ1) is 16.9. The van der Waals surface area contributed by atoms with Crippen LogP contribution in [0.4, 0.5) is 11.4 Å². The van der Waals surface area contributed by atoms with Crippen molar-refractivity contribution in [1.82, 2.24) is 0 Å². The van der Waals surface area contributed by atoms with E-state index in [1.165, 1.54) is 4.90 Å². The van der Waals surface area contributed by atoms with E-state index in [1.807, 2.05) is 48.5 Å². The SMILES string of the molecule is COc1ccc2ccc(OCC(=O)N3CC(=O)Nc4ccccc43)cc2c1. The Morgan fingerprint density at radius 3 is 2.59 bits per heavy atom. The molecule has 27 heavy (non-hydrogen) atoms. The van der Waals surface area contributed by atoms with Crippen molar-refractivity contribution in [1.29, 1.82) is 0 Å². The fourth-order valence-corrected chi connectivity index (χ4v) is 3.10. The standard InChI is InChI=1S/C21H18N2O4/c1-26-16-8-6-14-7-9-17(11-15(14)10-16)27-13-21(25)23-12-20(24)22-18-4-2-3-5-19(18)23/h2-11H,12-13H2,1H3,(H,22,24). The molecule has 1 aliphatic heterocycles. The summed E-state index contributed by atoms with van der Waals surface area (Å²) in [6, 6.07) is 18.6. The molecule has 4 rings (SSSR count). The third kappa shape index (κ3) is 3.42. The number of methoxy groups -OCH3 is 1. The van der Waals surface area contributed by atoms with Gasteiger partial charge in [0.15, 0.2) is 6.61 Å². The van der Waals surface area contributed by atoms with E-state index >= 15 is 0 Å². The normalized spacial score (nSPS) is 13.1. The highest BCUT2D eigenvalue weighted by Gasteiger charge is 2.26. The fraction of sp³-hybridized carbons (Fsp3) is 0.143. The maximum Gasteiger partial charge on any atom is 0.265 e. The van der Waals surface area contributed by atoms with Crippen LogP contribution in [-0.2, 0) is 9.59 Å². The summed E-state index contributed by atoms with van der Waals surface area (Å²) in [5, 5.41) is 4.78. The van der Waals surface area contributed by atoms with Gasteiger partial charge in [-0.3, -0.25) is 14.5 Å². The first-order valence-corrected chi connectivity index (χ1v) is 8.54. The number of hydrogen-bond acceptors (Lipinski definition) is 4. The van der Waals surface area contributed by atoms with Crippen molar-refractivity contribution in [2.75, 3.05) is 30.5 Å². The van der Waals surface area contributed by atoms with E-state index in [-0.39, 0.29) is 25.0 Å². The number of amides is 2. The van der Waals surface area contributed by atoms with Gasteiger partial charge in [0.05, 0.1) is 18.5 Å². The second kappa shape index (κ2) is 6.99. The molecule has 0 spiro atoms. The number of benzene rings is 3. The predicted molar refractivity (Wildman–Crippen MR) is 103 cm³/mol. The van der Waals surface area contributed by atoms with Crippen LogP contribution >= 0.6 is 0 Å². The molecule has 0 bridgehead atoms. The maximum atomic E-state index is 12.6. The zero-order valence-corrected chi connectivity index (χ0v) is 14.8. The van der Waals surface area contributed by atoms with E-state index < -0.39 is 0 Å². The molecule has 0 fully saturated rings. The van der Waals surface area contributed by atoms with Crippen molar-refractivity contribution in [3.63, 3.8) is 0 Å². The van der Waals surface area contributed by atoms with Crippen molar-refractivity contribution < 1.29 is 19.1 Å². The number of nitrogens with one attached hydrogen (secondary N) is 1. The summed E-state index contributed by atoms with van der Waals surface area (Å²) in [5.74, 6) is 0.841. The molecule has 0 saturated heterocycles. The van der Waals surface area contributed by atoms with E-state index in [0.717, 1.165) is 16.5 Å². The Balaban J connectivity index is 1.51. The highest BCUT2D eigenvalue weighted by atomic mass is 16.5. The van der Waals surface area contributed by atoms with Gasteiger partial charge in [-0.15, -0.1) is 0 Å². The lowest BCUT2D eigenvalue weighted by Crippen LogP contribution is -2.44. The Morgan fingerprint density at radius 2 is 1.78 bits per heavy atom. The molecule has 1 N–H and O–H groups in total. The molecule has 0 aliphatic carbocycles. The van der Waals surface area contributed by atoms with Gasteiger partial charge in [0.2, 0.25) is 5.91 Å². The van der Waals surface area contributed by atoms with Crippen LogP contribution in [-0.4, -0.2) is 32.1 Å². The highest BCUT2D eigenvalue weighted by Crippen LogP contribution is 2.29. The molecular formula is C21H18N2O4. The molecule has 6 nitrogen and oxygen atoms in total. The first-order valence-electron chi connectivity index (χ1n) is 8.54. The third-order valence-corrected chi connectivity index (χ3v) is 4.45. The molecule has 0 saturated carbocycles. The largest absolute Gasteiger partial charge is 0.497 e. The van der Waals surface area contributed by atoms with Crippen LogP contribution in [0.15, 0.2) is 60.7 Å². The number of rotatable bonds is 4. The average Bonchev–Trinajstić information content (AvgIpc) is 2.70. The van der Waals surface area contributed by atoms with E-state index in [2.05, 4.69) is 5.32 Å². The first-order chi connectivity index (χ1) is 13.1. The molecule has 1 aliphatic rings. The topological polar surface area (TPSA) is 67.9 Å². The van der Waals surface area contributed by atoms with Crippen molar-refractivity contribution in [2.45, 2.75) is 0 Å². The van der Waals surface area contributed by atoms with Crippen LogP contribution in [0.25, 0.3) is 10.8 Å². The Bertz CT molecular complexity index is 1030. The second-order valence-electron chi connectivity index (χ2n) is 6.21. The van der Waals surface area contributed by atoms with Crippen molar-refractivity contribution in [3.8, 4) is 11.5 Å². The lowest BCUT2D eigenvalue weighted by Gasteiger charge is -2.29. The Morgan fingerprint density at radius 1 is 1.04 bits per heavy atom.